The van der Waals surface area contributed by atoms with Crippen molar-refractivity contribution in [2.24, 2.45) is 5.92 Å². The van der Waals surface area contributed by atoms with Gasteiger partial charge >= 0.3 is 11.5 Å². The molecule has 1 fully saturated rings. The second-order valence-electron chi connectivity index (χ2n) is 10.9. The number of carbonyl (C=O) groups excluding carboxylic acids is 1. The number of thioether (sulfide) groups is 1. The van der Waals surface area contributed by atoms with Crippen LogP contribution in [0.5, 0.6) is 0 Å². The highest BCUT2D eigenvalue weighted by Gasteiger charge is 2.30. The number of alkyl halides is 3. The summed E-state index contributed by atoms with van der Waals surface area (Å²) in [5, 5.41) is 0. The Bertz CT molecular complexity index is 1440. The summed E-state index contributed by atoms with van der Waals surface area (Å²) in [6.45, 7) is 1.81. The van der Waals surface area contributed by atoms with Crippen molar-refractivity contribution in [1.29, 1.82) is 0 Å². The predicted molar refractivity (Wildman–Crippen MR) is 164 cm³/mol. The highest BCUT2D eigenvalue weighted by atomic mass is 32.2. The van der Waals surface area contributed by atoms with Gasteiger partial charge in [0.05, 0.1) is 12.7 Å². The Balaban J connectivity index is 1.51. The molecule has 2 aliphatic rings. The van der Waals surface area contributed by atoms with Crippen molar-refractivity contribution in [3.63, 3.8) is 0 Å². The topological polar surface area (TPSA) is 48.0 Å². The molecule has 1 heterocycles. The lowest BCUT2D eigenvalue weighted by Gasteiger charge is -2.36. The van der Waals surface area contributed by atoms with Crippen LogP contribution in [0.15, 0.2) is 71.6 Å². The van der Waals surface area contributed by atoms with E-state index in [4.69, 9.17) is 14.2 Å². The Morgan fingerprint density at radius 2 is 1.53 bits per heavy atom. The molecule has 228 valence electrons. The summed E-state index contributed by atoms with van der Waals surface area (Å²) in [5.41, 5.74) is 3.40. The summed E-state index contributed by atoms with van der Waals surface area (Å²) in [4.78, 5) is 14.8. The summed E-state index contributed by atoms with van der Waals surface area (Å²) in [6.07, 6.45) is 4.12. The van der Waals surface area contributed by atoms with Gasteiger partial charge in [-0.15, -0.1) is 0 Å². The number of esters is 1. The number of piperidine rings is 1. The minimum Gasteiger partial charge on any atom is -0.465 e. The van der Waals surface area contributed by atoms with Crippen molar-refractivity contribution in [2.45, 2.75) is 48.8 Å². The average Bonchev–Trinajstić information content (AvgIpc) is 3.20. The Kier molecular flexibility index (Phi) is 9.84. The van der Waals surface area contributed by atoms with Crippen molar-refractivity contribution in [2.75, 3.05) is 39.3 Å². The van der Waals surface area contributed by atoms with Crippen LogP contribution in [0.25, 0.3) is 11.1 Å². The minimum absolute atomic E-state index is 0.107. The van der Waals surface area contributed by atoms with Gasteiger partial charge in [-0.1, -0.05) is 30.3 Å². The zero-order valence-electron chi connectivity index (χ0n) is 24.6. The van der Waals surface area contributed by atoms with E-state index in [-0.39, 0.29) is 28.9 Å². The van der Waals surface area contributed by atoms with E-state index in [1.807, 2.05) is 12.1 Å². The number of methoxy groups -OCH3 is 3. The number of allylic oxidation sites excluding steroid dienone is 1. The number of nitrogens with zero attached hydrogens (tertiary/aromatic N) is 1. The lowest BCUT2D eigenvalue weighted by molar-refractivity contribution is -0.141. The number of hydrogen-bond acceptors (Lipinski definition) is 6. The van der Waals surface area contributed by atoms with E-state index in [0.29, 0.717) is 11.5 Å². The first-order valence-corrected chi connectivity index (χ1v) is 15.2. The Hall–Kier alpha value is -3.27. The fourth-order valence-electron chi connectivity index (χ4n) is 6.26. The molecule has 0 bridgehead atoms. The first-order chi connectivity index (χ1) is 20.7. The number of rotatable bonds is 8. The van der Waals surface area contributed by atoms with Gasteiger partial charge in [0.15, 0.2) is 6.29 Å². The summed E-state index contributed by atoms with van der Waals surface area (Å²) in [7, 11) is 4.73. The van der Waals surface area contributed by atoms with Crippen LogP contribution in [0, 0.1) is 5.92 Å². The Morgan fingerprint density at radius 1 is 0.884 bits per heavy atom. The molecule has 0 spiro atoms. The van der Waals surface area contributed by atoms with Crippen LogP contribution in [0.4, 0.5) is 18.9 Å². The molecule has 0 aromatic heterocycles. The molecule has 5 nitrogen and oxygen atoms in total. The number of benzene rings is 3. The molecule has 0 amide bonds. The standard InChI is InChI=1S/C34H36F3NO4S/c1-40-32(39)26-11-16-30-25(21-26)5-4-6-29(22-9-14-28(15-10-22)43-34(35,36)37)31(30)23-7-12-27(13-8-23)38-19-17-24(18-20-38)33(41-2)42-3/h7-16,21,24,33H,4-6,17-20H2,1-3H3. The largest absolute Gasteiger partial charge is 0.465 e. The van der Waals surface area contributed by atoms with Gasteiger partial charge in [0.1, 0.15) is 0 Å². The van der Waals surface area contributed by atoms with Crippen LogP contribution in [0.1, 0.15) is 58.3 Å². The van der Waals surface area contributed by atoms with Crippen LogP contribution in [0.3, 0.4) is 0 Å². The number of anilines is 1. The molecule has 0 unspecified atom stereocenters. The van der Waals surface area contributed by atoms with Crippen LogP contribution in [0.2, 0.25) is 0 Å². The monoisotopic (exact) mass is 611 g/mol. The average molecular weight is 612 g/mol. The smallest absolute Gasteiger partial charge is 0.446 e. The van der Waals surface area contributed by atoms with E-state index in [0.717, 1.165) is 84.3 Å². The van der Waals surface area contributed by atoms with Crippen LogP contribution < -0.4 is 4.90 Å². The molecule has 5 rings (SSSR count). The van der Waals surface area contributed by atoms with E-state index >= 15 is 0 Å². The van der Waals surface area contributed by atoms with E-state index in [1.165, 1.54) is 19.2 Å². The van der Waals surface area contributed by atoms with E-state index in [2.05, 4.69) is 29.2 Å². The third-order valence-corrected chi connectivity index (χ3v) is 9.06. The molecule has 0 N–H and O–H groups in total. The maximum Gasteiger partial charge on any atom is 0.446 e. The first kappa shape index (κ1) is 31.2. The van der Waals surface area contributed by atoms with Gasteiger partial charge in [-0.25, -0.2) is 4.79 Å². The molecular formula is C34H36F3NO4S. The second-order valence-corrected chi connectivity index (χ2v) is 12.0. The quantitative estimate of drug-likeness (QED) is 0.145. The maximum atomic E-state index is 13.0. The molecule has 1 aliphatic heterocycles. The second kappa shape index (κ2) is 13.6. The number of hydrogen-bond donors (Lipinski definition) is 0. The third-order valence-electron chi connectivity index (χ3n) is 8.32. The van der Waals surface area contributed by atoms with Crippen LogP contribution in [-0.4, -0.2) is 52.2 Å². The molecule has 0 radical (unpaired) electrons. The minimum atomic E-state index is -4.34. The normalized spacial score (nSPS) is 16.3. The number of carbonyl (C=O) groups is 1. The van der Waals surface area contributed by atoms with Crippen LogP contribution in [-0.2, 0) is 20.6 Å². The van der Waals surface area contributed by atoms with Gasteiger partial charge in [-0.05, 0) is 114 Å². The van der Waals surface area contributed by atoms with Crippen molar-refractivity contribution < 1.29 is 32.2 Å². The van der Waals surface area contributed by atoms with Gasteiger partial charge in [0.2, 0.25) is 0 Å². The van der Waals surface area contributed by atoms with Gasteiger partial charge in [-0.2, -0.15) is 13.2 Å². The van der Waals surface area contributed by atoms with E-state index in [1.54, 1.807) is 32.4 Å². The number of fused-ring (bicyclic) bond motifs is 1. The fraction of sp³-hybridized carbons (Fsp3) is 0.382. The zero-order chi connectivity index (χ0) is 30.6. The molecule has 9 heteroatoms. The van der Waals surface area contributed by atoms with Crippen molar-refractivity contribution in [1.82, 2.24) is 0 Å². The molecular weight excluding hydrogens is 575 g/mol. The first-order valence-electron chi connectivity index (χ1n) is 14.4. The van der Waals surface area contributed by atoms with Gasteiger partial charge < -0.3 is 19.1 Å². The fourth-order valence-corrected chi connectivity index (χ4v) is 6.80. The number of ether oxygens (including phenoxy) is 3. The maximum absolute atomic E-state index is 13.0. The summed E-state index contributed by atoms with van der Waals surface area (Å²) >= 11 is -0.107. The van der Waals surface area contributed by atoms with Crippen LogP contribution >= 0.6 is 11.8 Å². The third kappa shape index (κ3) is 7.28. The number of halogens is 3. The van der Waals surface area contributed by atoms with Gasteiger partial charge in [-0.3, -0.25) is 0 Å². The number of aryl methyl sites for hydroxylation is 1. The molecule has 1 saturated heterocycles. The Morgan fingerprint density at radius 3 is 2.14 bits per heavy atom. The highest BCUT2D eigenvalue weighted by molar-refractivity contribution is 8.00. The SMILES string of the molecule is COC(=O)c1ccc2c(c1)CCCC(c1ccc(SC(F)(F)F)cc1)=C2c1ccc(N2CCC(C(OC)OC)CC2)cc1. The van der Waals surface area contributed by atoms with Gasteiger partial charge in [0.25, 0.3) is 0 Å². The summed E-state index contributed by atoms with van der Waals surface area (Å²) < 4.78 is 54.8. The summed E-state index contributed by atoms with van der Waals surface area (Å²) in [6, 6.07) is 20.8. The molecule has 1 aliphatic carbocycles. The Labute approximate surface area is 255 Å². The molecule has 43 heavy (non-hydrogen) atoms. The lowest BCUT2D eigenvalue weighted by Crippen LogP contribution is -2.39. The lowest BCUT2D eigenvalue weighted by atomic mass is 9.87. The molecule has 3 aromatic rings. The van der Waals surface area contributed by atoms with E-state index < -0.39 is 5.51 Å². The predicted octanol–water partition coefficient (Wildman–Crippen LogP) is 8.22. The zero-order valence-corrected chi connectivity index (χ0v) is 25.4. The molecule has 0 saturated carbocycles. The van der Waals surface area contributed by atoms with Crippen molar-refractivity contribution in [3.8, 4) is 0 Å². The molecule has 0 atom stereocenters. The van der Waals surface area contributed by atoms with E-state index in [9.17, 15) is 18.0 Å². The molecule has 3 aromatic carbocycles. The summed E-state index contributed by atoms with van der Waals surface area (Å²) in [5.74, 6) is -0.0254. The van der Waals surface area contributed by atoms with Crippen molar-refractivity contribution >= 4 is 34.6 Å². The van der Waals surface area contributed by atoms with Crippen molar-refractivity contribution in [3.05, 3.63) is 94.5 Å². The highest BCUT2D eigenvalue weighted by Crippen LogP contribution is 2.42. The van der Waals surface area contributed by atoms with Gasteiger partial charge in [0, 0.05) is 43.8 Å².